The Morgan fingerprint density at radius 3 is 2.23 bits per heavy atom. The molecule has 1 aliphatic carbocycles. The first-order valence-electron chi connectivity index (χ1n) is 9.52. The number of anilines is 1. The number of nitrogens with zero attached hydrogens (tertiary/aromatic N) is 3. The summed E-state index contributed by atoms with van der Waals surface area (Å²) in [6.45, 7) is 16.4. The Kier molecular flexibility index (Phi) is 5.54. The maximum Gasteiger partial charge on any atom is 0.245 e. The molecule has 1 heterocycles. The van der Waals surface area contributed by atoms with Gasteiger partial charge in [-0.1, -0.05) is 20.8 Å². The van der Waals surface area contributed by atoms with E-state index in [9.17, 15) is 9.59 Å². The molecular formula is C20H34N4O2. The van der Waals surface area contributed by atoms with Crippen molar-refractivity contribution in [2.45, 2.75) is 85.2 Å². The van der Waals surface area contributed by atoms with Crippen molar-refractivity contribution in [2.75, 3.05) is 11.9 Å². The zero-order valence-electron chi connectivity index (χ0n) is 17.5. The maximum absolute atomic E-state index is 12.7. The average Bonchev–Trinajstić information content (AvgIpc) is 3.22. The molecule has 6 heteroatoms. The van der Waals surface area contributed by atoms with Crippen LogP contribution in [-0.2, 0) is 20.5 Å². The van der Waals surface area contributed by atoms with Gasteiger partial charge in [0, 0.05) is 23.4 Å². The molecule has 146 valence electrons. The second kappa shape index (κ2) is 7.05. The van der Waals surface area contributed by atoms with E-state index in [1.807, 2.05) is 24.6 Å². The van der Waals surface area contributed by atoms with E-state index in [0.717, 1.165) is 18.5 Å². The van der Waals surface area contributed by atoms with E-state index in [0.29, 0.717) is 5.82 Å². The van der Waals surface area contributed by atoms with Gasteiger partial charge in [-0.15, -0.1) is 0 Å². The van der Waals surface area contributed by atoms with Gasteiger partial charge in [-0.05, 0) is 47.5 Å². The van der Waals surface area contributed by atoms with Crippen molar-refractivity contribution in [3.63, 3.8) is 0 Å². The molecule has 1 fully saturated rings. The SMILES string of the molecule is CC(C)N(CC(=O)Nc1cc(C(C)(C)C)nn1C(C)(C)C)C(=O)C1CC1. The van der Waals surface area contributed by atoms with Crippen LogP contribution in [0.15, 0.2) is 6.07 Å². The number of carbonyl (C=O) groups is 2. The van der Waals surface area contributed by atoms with Crippen molar-refractivity contribution in [1.82, 2.24) is 14.7 Å². The van der Waals surface area contributed by atoms with Crippen LogP contribution < -0.4 is 5.32 Å². The molecule has 6 nitrogen and oxygen atoms in total. The van der Waals surface area contributed by atoms with Gasteiger partial charge in [-0.2, -0.15) is 5.10 Å². The van der Waals surface area contributed by atoms with Crippen LogP contribution >= 0.6 is 0 Å². The fraction of sp³-hybridized carbons (Fsp3) is 0.750. The summed E-state index contributed by atoms with van der Waals surface area (Å²) in [6.07, 6.45) is 1.88. The highest BCUT2D eigenvalue weighted by molar-refractivity contribution is 5.94. The van der Waals surface area contributed by atoms with Crippen LogP contribution in [0.25, 0.3) is 0 Å². The monoisotopic (exact) mass is 362 g/mol. The standard InChI is InChI=1S/C20H34N4O2/c1-13(2)23(18(26)14-9-10-14)12-17(25)21-16-11-15(19(3,4)5)22-24(16)20(6,7)8/h11,13-14H,9-10,12H2,1-8H3,(H,21,25). The Morgan fingerprint density at radius 2 is 1.81 bits per heavy atom. The number of hydrogen-bond acceptors (Lipinski definition) is 3. The minimum Gasteiger partial charge on any atom is -0.331 e. The molecule has 0 atom stereocenters. The third-order valence-electron chi connectivity index (χ3n) is 4.53. The van der Waals surface area contributed by atoms with Crippen LogP contribution in [-0.4, -0.2) is 39.1 Å². The van der Waals surface area contributed by atoms with Gasteiger partial charge in [-0.3, -0.25) is 9.59 Å². The van der Waals surface area contributed by atoms with E-state index in [-0.39, 0.29) is 41.3 Å². The molecule has 0 aromatic carbocycles. The maximum atomic E-state index is 12.7. The lowest BCUT2D eigenvalue weighted by atomic mass is 9.92. The number of carbonyl (C=O) groups excluding carboxylic acids is 2. The Morgan fingerprint density at radius 1 is 1.23 bits per heavy atom. The van der Waals surface area contributed by atoms with Crippen molar-refractivity contribution in [3.8, 4) is 0 Å². The minimum absolute atomic E-state index is 0.00603. The van der Waals surface area contributed by atoms with Crippen molar-refractivity contribution in [3.05, 3.63) is 11.8 Å². The molecule has 1 aliphatic rings. The Balaban J connectivity index is 2.19. The number of rotatable bonds is 5. The van der Waals surface area contributed by atoms with E-state index in [1.54, 1.807) is 4.90 Å². The Hall–Kier alpha value is -1.85. The van der Waals surface area contributed by atoms with Gasteiger partial charge < -0.3 is 10.2 Å². The van der Waals surface area contributed by atoms with E-state index in [1.165, 1.54) is 0 Å². The van der Waals surface area contributed by atoms with Crippen molar-refractivity contribution in [1.29, 1.82) is 0 Å². The number of aromatic nitrogens is 2. The largest absolute Gasteiger partial charge is 0.331 e. The van der Waals surface area contributed by atoms with E-state index < -0.39 is 0 Å². The highest BCUT2D eigenvalue weighted by atomic mass is 16.2. The number of nitrogens with one attached hydrogen (secondary N) is 1. The lowest BCUT2D eigenvalue weighted by Gasteiger charge is -2.27. The van der Waals surface area contributed by atoms with Crippen molar-refractivity contribution < 1.29 is 9.59 Å². The topological polar surface area (TPSA) is 67.2 Å². The molecule has 2 amide bonds. The second-order valence-electron chi connectivity index (χ2n) is 9.63. The summed E-state index contributed by atoms with van der Waals surface area (Å²) in [4.78, 5) is 26.8. The molecular weight excluding hydrogens is 328 g/mol. The molecule has 0 radical (unpaired) electrons. The summed E-state index contributed by atoms with van der Waals surface area (Å²) in [6, 6.07) is 1.94. The normalized spacial score (nSPS) is 15.3. The molecule has 0 aliphatic heterocycles. The third-order valence-corrected chi connectivity index (χ3v) is 4.53. The van der Waals surface area contributed by atoms with Gasteiger partial charge >= 0.3 is 0 Å². The van der Waals surface area contributed by atoms with Crippen molar-refractivity contribution >= 4 is 17.6 Å². The highest BCUT2D eigenvalue weighted by Crippen LogP contribution is 2.32. The first-order valence-corrected chi connectivity index (χ1v) is 9.52. The van der Waals surface area contributed by atoms with Gasteiger partial charge in [0.1, 0.15) is 12.4 Å². The van der Waals surface area contributed by atoms with Crippen molar-refractivity contribution in [2.24, 2.45) is 5.92 Å². The van der Waals surface area contributed by atoms with Crippen LogP contribution in [0, 0.1) is 5.92 Å². The average molecular weight is 363 g/mol. The quantitative estimate of drug-likeness (QED) is 0.871. The van der Waals surface area contributed by atoms with Gasteiger partial charge in [0.2, 0.25) is 11.8 Å². The van der Waals surface area contributed by atoms with Gasteiger partial charge in [0.05, 0.1) is 11.2 Å². The lowest BCUT2D eigenvalue weighted by molar-refractivity contribution is -0.137. The predicted molar refractivity (Wildman–Crippen MR) is 104 cm³/mol. The predicted octanol–water partition coefficient (Wildman–Crippen LogP) is 3.52. The summed E-state index contributed by atoms with van der Waals surface area (Å²) in [5.74, 6) is 0.696. The Labute approximate surface area is 157 Å². The molecule has 2 rings (SSSR count). The van der Waals surface area contributed by atoms with Crippen LogP contribution in [0.4, 0.5) is 5.82 Å². The van der Waals surface area contributed by atoms with Crippen LogP contribution in [0.1, 0.15) is 73.9 Å². The fourth-order valence-corrected chi connectivity index (χ4v) is 2.76. The molecule has 1 aromatic heterocycles. The van der Waals surface area contributed by atoms with Gasteiger partial charge in [0.25, 0.3) is 0 Å². The zero-order valence-corrected chi connectivity index (χ0v) is 17.5. The molecule has 0 unspecified atom stereocenters. The molecule has 1 aromatic rings. The number of hydrogen-bond donors (Lipinski definition) is 1. The van der Waals surface area contributed by atoms with Crippen LogP contribution in [0.3, 0.4) is 0 Å². The molecule has 0 saturated heterocycles. The minimum atomic E-state index is -0.256. The van der Waals surface area contributed by atoms with Gasteiger partial charge in [-0.25, -0.2) is 4.68 Å². The fourth-order valence-electron chi connectivity index (χ4n) is 2.76. The highest BCUT2D eigenvalue weighted by Gasteiger charge is 2.35. The molecule has 26 heavy (non-hydrogen) atoms. The van der Waals surface area contributed by atoms with E-state index >= 15 is 0 Å². The van der Waals surface area contributed by atoms with E-state index in [2.05, 4.69) is 46.9 Å². The summed E-state index contributed by atoms with van der Waals surface area (Å²) in [5, 5.41) is 7.69. The second-order valence-corrected chi connectivity index (χ2v) is 9.63. The molecule has 1 N–H and O–H groups in total. The number of amides is 2. The molecule has 0 bridgehead atoms. The first kappa shape index (κ1) is 20.5. The first-order chi connectivity index (χ1) is 11.8. The zero-order chi connectivity index (χ0) is 19.9. The summed E-state index contributed by atoms with van der Waals surface area (Å²) in [5.41, 5.74) is 0.563. The van der Waals surface area contributed by atoms with E-state index in [4.69, 9.17) is 5.10 Å². The van der Waals surface area contributed by atoms with Crippen LogP contribution in [0.2, 0.25) is 0 Å². The van der Waals surface area contributed by atoms with Crippen LogP contribution in [0.5, 0.6) is 0 Å². The van der Waals surface area contributed by atoms with Gasteiger partial charge in [0.15, 0.2) is 0 Å². The smallest absolute Gasteiger partial charge is 0.245 e. The molecule has 0 spiro atoms. The lowest BCUT2D eigenvalue weighted by Crippen LogP contribution is -2.43. The Bertz CT molecular complexity index is 673. The summed E-state index contributed by atoms with van der Waals surface area (Å²) >= 11 is 0. The molecule has 1 saturated carbocycles. The summed E-state index contributed by atoms with van der Waals surface area (Å²) in [7, 11) is 0. The third kappa shape index (κ3) is 4.86. The summed E-state index contributed by atoms with van der Waals surface area (Å²) < 4.78 is 1.86.